The van der Waals surface area contributed by atoms with E-state index < -0.39 is 5.97 Å². The van der Waals surface area contributed by atoms with Crippen molar-refractivity contribution in [1.82, 2.24) is 0 Å². The third-order valence-corrected chi connectivity index (χ3v) is 3.38. The summed E-state index contributed by atoms with van der Waals surface area (Å²) in [5, 5.41) is 16.4. The average Bonchev–Trinajstić information content (AvgIpc) is 2.15. The number of aliphatic carboxylic acids is 1. The zero-order valence-electron chi connectivity index (χ0n) is 9.08. The van der Waals surface area contributed by atoms with E-state index in [1.54, 1.807) is 0 Å². The SMILES string of the molecule is N=C1COC2(CCC2)CC1=C(N)CC(=O)O. The van der Waals surface area contributed by atoms with E-state index in [1.807, 2.05) is 0 Å². The Morgan fingerprint density at radius 1 is 1.56 bits per heavy atom. The molecule has 2 aliphatic rings. The van der Waals surface area contributed by atoms with Crippen LogP contribution in [0.2, 0.25) is 0 Å². The molecular formula is C11H16N2O3. The lowest BCUT2D eigenvalue weighted by atomic mass is 9.73. The molecule has 2 rings (SSSR count). The first-order valence-electron chi connectivity index (χ1n) is 5.43. The lowest BCUT2D eigenvalue weighted by Gasteiger charge is -2.45. The van der Waals surface area contributed by atoms with Crippen LogP contribution in [0.15, 0.2) is 11.3 Å². The molecule has 0 aromatic rings. The average molecular weight is 224 g/mol. The molecule has 1 saturated heterocycles. The largest absolute Gasteiger partial charge is 0.481 e. The van der Waals surface area contributed by atoms with Crippen molar-refractivity contribution in [3.8, 4) is 0 Å². The monoisotopic (exact) mass is 224 g/mol. The lowest BCUT2D eigenvalue weighted by molar-refractivity contribution is -0.136. The summed E-state index contributed by atoms with van der Waals surface area (Å²) in [4.78, 5) is 10.6. The van der Waals surface area contributed by atoms with Crippen molar-refractivity contribution in [3.63, 3.8) is 0 Å². The van der Waals surface area contributed by atoms with Crippen LogP contribution < -0.4 is 5.73 Å². The number of carboxylic acid groups (broad SMARTS) is 1. The molecule has 1 aliphatic carbocycles. The van der Waals surface area contributed by atoms with Crippen LogP contribution in [-0.4, -0.2) is 29.0 Å². The van der Waals surface area contributed by atoms with E-state index in [0.717, 1.165) is 19.3 Å². The van der Waals surface area contributed by atoms with Gasteiger partial charge in [-0.2, -0.15) is 0 Å². The summed E-state index contributed by atoms with van der Waals surface area (Å²) >= 11 is 0. The molecule has 0 atom stereocenters. The Kier molecular flexibility index (Phi) is 2.71. The van der Waals surface area contributed by atoms with Gasteiger partial charge in [-0.25, -0.2) is 0 Å². The number of hydrogen-bond donors (Lipinski definition) is 3. The predicted octanol–water partition coefficient (Wildman–Crippen LogP) is 1.04. The molecule has 0 unspecified atom stereocenters. The Balaban J connectivity index is 2.17. The Morgan fingerprint density at radius 2 is 2.25 bits per heavy atom. The highest BCUT2D eigenvalue weighted by Crippen LogP contribution is 2.43. The summed E-state index contributed by atoms with van der Waals surface area (Å²) in [6.45, 7) is 0.260. The fourth-order valence-corrected chi connectivity index (χ4v) is 2.26. The number of hydrogen-bond acceptors (Lipinski definition) is 4. The van der Waals surface area contributed by atoms with Crippen LogP contribution in [0, 0.1) is 5.41 Å². The Morgan fingerprint density at radius 3 is 2.75 bits per heavy atom. The number of carbonyl (C=O) groups is 1. The standard InChI is InChI=1S/C11H16N2O3/c12-8(4-10(14)15)7-5-11(2-1-3-11)16-6-9(7)13/h13H,1-6,12H2,(H,14,15). The molecule has 0 aromatic carbocycles. The van der Waals surface area contributed by atoms with E-state index in [0.29, 0.717) is 23.4 Å². The van der Waals surface area contributed by atoms with Crippen molar-refractivity contribution in [2.24, 2.45) is 5.73 Å². The zero-order valence-corrected chi connectivity index (χ0v) is 9.08. The van der Waals surface area contributed by atoms with Gasteiger partial charge in [0, 0.05) is 12.1 Å². The van der Waals surface area contributed by atoms with Crippen molar-refractivity contribution >= 4 is 11.7 Å². The topological polar surface area (TPSA) is 96.4 Å². The minimum atomic E-state index is -0.952. The van der Waals surface area contributed by atoms with Gasteiger partial charge >= 0.3 is 5.97 Å². The lowest BCUT2D eigenvalue weighted by Crippen LogP contribution is -2.46. The van der Waals surface area contributed by atoms with Crippen LogP contribution in [-0.2, 0) is 9.53 Å². The second kappa shape index (κ2) is 3.90. The van der Waals surface area contributed by atoms with E-state index in [1.165, 1.54) is 0 Å². The van der Waals surface area contributed by atoms with Gasteiger partial charge in [0.15, 0.2) is 0 Å². The van der Waals surface area contributed by atoms with Crippen molar-refractivity contribution < 1.29 is 14.6 Å². The summed E-state index contributed by atoms with van der Waals surface area (Å²) in [5.74, 6) is -0.952. The molecule has 0 amide bonds. The van der Waals surface area contributed by atoms with E-state index in [2.05, 4.69) is 0 Å². The summed E-state index contributed by atoms with van der Waals surface area (Å²) in [6.07, 6.45) is 3.53. The fourth-order valence-electron chi connectivity index (χ4n) is 2.26. The Hall–Kier alpha value is -1.36. The van der Waals surface area contributed by atoms with Crippen LogP contribution in [0.4, 0.5) is 0 Å². The molecule has 2 fully saturated rings. The predicted molar refractivity (Wildman–Crippen MR) is 58.3 cm³/mol. The summed E-state index contributed by atoms with van der Waals surface area (Å²) in [5.41, 5.74) is 6.92. The van der Waals surface area contributed by atoms with Gasteiger partial charge in [0.1, 0.15) is 0 Å². The maximum Gasteiger partial charge on any atom is 0.309 e. The molecule has 1 aliphatic heterocycles. The van der Waals surface area contributed by atoms with E-state index in [4.69, 9.17) is 21.0 Å². The first kappa shape index (κ1) is 11.1. The second-order valence-electron chi connectivity index (χ2n) is 4.55. The number of nitrogens with two attached hydrogens (primary N) is 1. The molecule has 5 nitrogen and oxygen atoms in total. The van der Waals surface area contributed by atoms with Crippen molar-refractivity contribution in [3.05, 3.63) is 11.3 Å². The molecule has 88 valence electrons. The van der Waals surface area contributed by atoms with E-state index >= 15 is 0 Å². The van der Waals surface area contributed by atoms with Gasteiger partial charge in [0.2, 0.25) is 0 Å². The molecular weight excluding hydrogens is 208 g/mol. The minimum absolute atomic E-state index is 0.150. The van der Waals surface area contributed by atoms with Gasteiger partial charge < -0.3 is 21.0 Å². The Labute approximate surface area is 93.8 Å². The molecule has 1 spiro atoms. The number of rotatable bonds is 2. The second-order valence-corrected chi connectivity index (χ2v) is 4.55. The van der Waals surface area contributed by atoms with Crippen molar-refractivity contribution in [1.29, 1.82) is 5.41 Å². The van der Waals surface area contributed by atoms with Crippen molar-refractivity contribution in [2.75, 3.05) is 6.61 Å². The van der Waals surface area contributed by atoms with Gasteiger partial charge in [0.25, 0.3) is 0 Å². The fraction of sp³-hybridized carbons (Fsp3) is 0.636. The third-order valence-electron chi connectivity index (χ3n) is 3.38. The summed E-state index contributed by atoms with van der Waals surface area (Å²) in [7, 11) is 0. The first-order chi connectivity index (χ1) is 7.52. The first-order valence-corrected chi connectivity index (χ1v) is 5.43. The molecule has 5 heteroatoms. The normalized spacial score (nSPS) is 26.4. The highest BCUT2D eigenvalue weighted by atomic mass is 16.5. The van der Waals surface area contributed by atoms with Crippen LogP contribution >= 0.6 is 0 Å². The highest BCUT2D eigenvalue weighted by Gasteiger charge is 2.42. The van der Waals surface area contributed by atoms with Gasteiger partial charge in [-0.3, -0.25) is 4.79 Å². The molecule has 0 radical (unpaired) electrons. The Bertz CT molecular complexity index is 369. The minimum Gasteiger partial charge on any atom is -0.481 e. The highest BCUT2D eigenvalue weighted by molar-refractivity contribution is 6.00. The van der Waals surface area contributed by atoms with Gasteiger partial charge in [-0.15, -0.1) is 0 Å². The van der Waals surface area contributed by atoms with Crippen molar-refractivity contribution in [2.45, 2.75) is 37.7 Å². The van der Waals surface area contributed by atoms with Gasteiger partial charge in [-0.1, -0.05) is 0 Å². The van der Waals surface area contributed by atoms with E-state index in [-0.39, 0.29) is 18.6 Å². The maximum absolute atomic E-state index is 10.6. The van der Waals surface area contributed by atoms with Crippen LogP contribution in [0.3, 0.4) is 0 Å². The quantitative estimate of drug-likeness (QED) is 0.652. The summed E-state index contributed by atoms with van der Waals surface area (Å²) < 4.78 is 5.64. The smallest absolute Gasteiger partial charge is 0.309 e. The molecule has 1 heterocycles. The third kappa shape index (κ3) is 1.95. The van der Waals surface area contributed by atoms with Crippen LogP contribution in [0.5, 0.6) is 0 Å². The maximum atomic E-state index is 10.6. The molecule has 1 saturated carbocycles. The number of nitrogens with one attached hydrogen (secondary N) is 1. The summed E-state index contributed by atoms with van der Waals surface area (Å²) in [6, 6.07) is 0. The molecule has 16 heavy (non-hydrogen) atoms. The molecule has 0 bridgehead atoms. The zero-order chi connectivity index (χ0) is 11.8. The van der Waals surface area contributed by atoms with Gasteiger partial charge in [0.05, 0.1) is 24.3 Å². The van der Waals surface area contributed by atoms with Crippen LogP contribution in [0.25, 0.3) is 0 Å². The molecule has 4 N–H and O–H groups in total. The molecule has 0 aromatic heterocycles. The van der Waals surface area contributed by atoms with Crippen LogP contribution in [0.1, 0.15) is 32.1 Å². The van der Waals surface area contributed by atoms with E-state index in [9.17, 15) is 4.79 Å². The number of carboxylic acids is 1. The number of ether oxygens (including phenoxy) is 1. The van der Waals surface area contributed by atoms with Gasteiger partial charge in [-0.05, 0) is 24.8 Å².